The quantitative estimate of drug-likeness (QED) is 0.607. The SMILES string of the molecule is Cl.O=C(O)c1nn(C[C@@H]2CNCCO[C@H]2c2ccc(Cl)c(Cl)c2)c2ccccc12. The van der Waals surface area contributed by atoms with Crippen LogP contribution in [-0.4, -0.2) is 40.6 Å². The number of nitrogens with zero attached hydrogens (tertiary/aromatic N) is 2. The Kier molecular flexibility index (Phi) is 7.03. The maximum absolute atomic E-state index is 11.6. The molecule has 0 amide bonds. The van der Waals surface area contributed by atoms with E-state index in [0.717, 1.165) is 17.6 Å². The van der Waals surface area contributed by atoms with Gasteiger partial charge in [-0.25, -0.2) is 4.79 Å². The summed E-state index contributed by atoms with van der Waals surface area (Å²) < 4.78 is 7.87. The lowest BCUT2D eigenvalue weighted by molar-refractivity contribution is 0.0246. The smallest absolute Gasteiger partial charge is 0.357 e. The van der Waals surface area contributed by atoms with E-state index in [1.54, 1.807) is 16.8 Å². The number of carboxylic acids is 1. The number of ether oxygens (including phenoxy) is 1. The number of nitrogens with one attached hydrogen (secondary N) is 1. The molecule has 9 heteroatoms. The van der Waals surface area contributed by atoms with Gasteiger partial charge in [-0.15, -0.1) is 12.4 Å². The molecule has 1 fully saturated rings. The molecule has 0 radical (unpaired) electrons. The van der Waals surface area contributed by atoms with Gasteiger partial charge in [0.05, 0.1) is 28.3 Å². The Bertz CT molecular complexity index is 1020. The Morgan fingerprint density at radius 2 is 2.03 bits per heavy atom. The molecule has 3 aromatic rings. The van der Waals surface area contributed by atoms with Crippen LogP contribution in [0.3, 0.4) is 0 Å². The van der Waals surface area contributed by atoms with Gasteiger partial charge < -0.3 is 15.2 Å². The van der Waals surface area contributed by atoms with Gasteiger partial charge in [0.2, 0.25) is 0 Å². The largest absolute Gasteiger partial charge is 0.476 e. The number of hydrogen-bond acceptors (Lipinski definition) is 4. The fourth-order valence-electron chi connectivity index (χ4n) is 3.65. The molecule has 2 aromatic carbocycles. The summed E-state index contributed by atoms with van der Waals surface area (Å²) in [5.41, 5.74) is 1.79. The van der Waals surface area contributed by atoms with Crippen LogP contribution in [0.25, 0.3) is 10.9 Å². The molecule has 2 heterocycles. The Morgan fingerprint density at radius 3 is 2.79 bits per heavy atom. The minimum absolute atomic E-state index is 0. The molecule has 154 valence electrons. The van der Waals surface area contributed by atoms with Crippen LogP contribution in [0.5, 0.6) is 0 Å². The van der Waals surface area contributed by atoms with E-state index in [2.05, 4.69) is 10.4 Å². The van der Waals surface area contributed by atoms with Gasteiger partial charge in [-0.3, -0.25) is 4.68 Å². The Hall–Kier alpha value is -1.83. The summed E-state index contributed by atoms with van der Waals surface area (Å²) in [5, 5.41) is 18.8. The first kappa shape index (κ1) is 21.9. The van der Waals surface area contributed by atoms with E-state index in [1.165, 1.54) is 0 Å². The van der Waals surface area contributed by atoms with Crippen LogP contribution in [0, 0.1) is 5.92 Å². The number of fused-ring (bicyclic) bond motifs is 1. The third kappa shape index (κ3) is 4.52. The van der Waals surface area contributed by atoms with E-state index in [4.69, 9.17) is 27.9 Å². The molecule has 0 aliphatic carbocycles. The third-order valence-corrected chi connectivity index (χ3v) is 5.69. The lowest BCUT2D eigenvalue weighted by Crippen LogP contribution is -2.28. The molecular weight excluding hydrogens is 437 g/mol. The van der Waals surface area contributed by atoms with E-state index in [0.29, 0.717) is 35.1 Å². The number of carboxylic acid groups (broad SMARTS) is 1. The summed E-state index contributed by atoms with van der Waals surface area (Å²) in [6.07, 6.45) is -0.207. The number of aromatic nitrogens is 2. The van der Waals surface area contributed by atoms with E-state index >= 15 is 0 Å². The molecule has 0 spiro atoms. The lowest BCUT2D eigenvalue weighted by atomic mass is 9.95. The van der Waals surface area contributed by atoms with Crippen LogP contribution >= 0.6 is 35.6 Å². The van der Waals surface area contributed by atoms with Crippen LogP contribution in [0.15, 0.2) is 42.5 Å². The van der Waals surface area contributed by atoms with Gasteiger partial charge in [-0.1, -0.05) is 47.5 Å². The van der Waals surface area contributed by atoms with Crippen LogP contribution in [0.2, 0.25) is 10.0 Å². The summed E-state index contributed by atoms with van der Waals surface area (Å²) in [4.78, 5) is 11.6. The first-order valence-corrected chi connectivity index (χ1v) is 9.76. The second-order valence-corrected chi connectivity index (χ2v) is 7.60. The molecule has 29 heavy (non-hydrogen) atoms. The first-order valence-electron chi connectivity index (χ1n) is 9.00. The van der Waals surface area contributed by atoms with Crippen LogP contribution in [0.4, 0.5) is 0 Å². The van der Waals surface area contributed by atoms with Crippen molar-refractivity contribution < 1.29 is 14.6 Å². The minimum atomic E-state index is -1.04. The van der Waals surface area contributed by atoms with Crippen molar-refractivity contribution in [1.82, 2.24) is 15.1 Å². The van der Waals surface area contributed by atoms with Gasteiger partial charge >= 0.3 is 5.97 Å². The number of hydrogen-bond donors (Lipinski definition) is 2. The number of aromatic carboxylic acids is 1. The van der Waals surface area contributed by atoms with Gasteiger partial charge in [-0.2, -0.15) is 5.10 Å². The molecule has 2 N–H and O–H groups in total. The second-order valence-electron chi connectivity index (χ2n) is 6.78. The summed E-state index contributed by atoms with van der Waals surface area (Å²) in [5.74, 6) is -1.00. The number of benzene rings is 2. The number of rotatable bonds is 4. The summed E-state index contributed by atoms with van der Waals surface area (Å²) in [7, 11) is 0. The maximum atomic E-state index is 11.6. The molecule has 1 saturated heterocycles. The van der Waals surface area contributed by atoms with Crippen molar-refractivity contribution in [3.05, 3.63) is 63.8 Å². The average Bonchev–Trinajstić information content (AvgIpc) is 2.89. The number of halogens is 3. The molecule has 6 nitrogen and oxygen atoms in total. The highest BCUT2D eigenvalue weighted by molar-refractivity contribution is 6.42. The zero-order valence-electron chi connectivity index (χ0n) is 15.3. The van der Waals surface area contributed by atoms with Gasteiger partial charge in [0.1, 0.15) is 0 Å². The van der Waals surface area contributed by atoms with Crippen molar-refractivity contribution in [2.24, 2.45) is 5.92 Å². The van der Waals surface area contributed by atoms with E-state index in [-0.39, 0.29) is 30.1 Å². The van der Waals surface area contributed by atoms with Crippen molar-refractivity contribution in [2.45, 2.75) is 12.6 Å². The Balaban J connectivity index is 0.00000240. The van der Waals surface area contributed by atoms with E-state index in [9.17, 15) is 9.90 Å². The second kappa shape index (κ2) is 9.32. The number of carbonyl (C=O) groups is 1. The highest BCUT2D eigenvalue weighted by Crippen LogP contribution is 2.33. The summed E-state index contributed by atoms with van der Waals surface area (Å²) in [6, 6.07) is 12.9. The van der Waals surface area contributed by atoms with Crippen molar-refractivity contribution in [3.8, 4) is 0 Å². The molecule has 4 rings (SSSR count). The van der Waals surface area contributed by atoms with E-state index < -0.39 is 5.97 Å². The molecule has 0 saturated carbocycles. The van der Waals surface area contributed by atoms with Crippen LogP contribution < -0.4 is 5.32 Å². The fourth-order valence-corrected chi connectivity index (χ4v) is 3.96. The zero-order valence-corrected chi connectivity index (χ0v) is 17.7. The summed E-state index contributed by atoms with van der Waals surface area (Å²) >= 11 is 12.3. The molecule has 0 unspecified atom stereocenters. The normalized spacial score (nSPS) is 19.5. The van der Waals surface area contributed by atoms with Gasteiger partial charge in [0.25, 0.3) is 0 Å². The van der Waals surface area contributed by atoms with Gasteiger partial charge in [-0.05, 0) is 23.8 Å². The monoisotopic (exact) mass is 455 g/mol. The van der Waals surface area contributed by atoms with Crippen molar-refractivity contribution in [2.75, 3.05) is 19.7 Å². The fraction of sp³-hybridized carbons (Fsp3) is 0.300. The van der Waals surface area contributed by atoms with Gasteiger partial charge in [0.15, 0.2) is 5.69 Å². The lowest BCUT2D eigenvalue weighted by Gasteiger charge is -2.25. The summed E-state index contributed by atoms with van der Waals surface area (Å²) in [6.45, 7) is 2.53. The van der Waals surface area contributed by atoms with Crippen molar-refractivity contribution >= 4 is 52.5 Å². The topological polar surface area (TPSA) is 76.4 Å². The van der Waals surface area contributed by atoms with Crippen molar-refractivity contribution in [3.63, 3.8) is 0 Å². The maximum Gasteiger partial charge on any atom is 0.357 e. The standard InChI is InChI=1S/C20H19Cl2N3O3.ClH/c21-15-6-5-12(9-16(15)22)19-13(10-23-7-8-28-19)11-25-17-4-2-1-3-14(17)18(24-25)20(26)27;/h1-6,9,13,19,23H,7-8,10-11H2,(H,26,27);1H/t13-,19-;/m0./s1. The highest BCUT2D eigenvalue weighted by Gasteiger charge is 2.28. The number of para-hydroxylation sites is 1. The molecular formula is C20H20Cl3N3O3. The third-order valence-electron chi connectivity index (χ3n) is 4.95. The van der Waals surface area contributed by atoms with Gasteiger partial charge in [0, 0.05) is 30.9 Å². The average molecular weight is 457 g/mol. The van der Waals surface area contributed by atoms with E-state index in [1.807, 2.05) is 30.3 Å². The minimum Gasteiger partial charge on any atom is -0.476 e. The van der Waals surface area contributed by atoms with Crippen molar-refractivity contribution in [1.29, 1.82) is 0 Å². The zero-order chi connectivity index (χ0) is 19.7. The highest BCUT2D eigenvalue weighted by atomic mass is 35.5. The molecule has 0 bridgehead atoms. The molecule has 2 atom stereocenters. The Labute approximate surface area is 184 Å². The predicted octanol–water partition coefficient (Wildman–Crippen LogP) is 4.44. The van der Waals surface area contributed by atoms with Crippen LogP contribution in [0.1, 0.15) is 22.2 Å². The molecule has 1 aromatic heterocycles. The molecule has 1 aliphatic rings. The predicted molar refractivity (Wildman–Crippen MR) is 115 cm³/mol. The molecule has 1 aliphatic heterocycles. The van der Waals surface area contributed by atoms with Crippen LogP contribution in [-0.2, 0) is 11.3 Å². The Morgan fingerprint density at radius 1 is 1.24 bits per heavy atom. The first-order chi connectivity index (χ1) is 13.5.